The molecule has 5 rings (SSSR count). The van der Waals surface area contributed by atoms with Gasteiger partial charge < -0.3 is 9.88 Å². The van der Waals surface area contributed by atoms with E-state index in [9.17, 15) is 9.18 Å². The summed E-state index contributed by atoms with van der Waals surface area (Å²) in [5.74, 6) is -0.0753. The number of nitrogens with zero attached hydrogens (tertiary/aromatic N) is 2. The fourth-order valence-corrected chi connectivity index (χ4v) is 4.73. The Hall–Kier alpha value is -3.21. The van der Waals surface area contributed by atoms with Crippen molar-refractivity contribution in [3.63, 3.8) is 0 Å². The van der Waals surface area contributed by atoms with Crippen molar-refractivity contribution in [2.24, 2.45) is 5.92 Å². The zero-order chi connectivity index (χ0) is 21.2. The molecule has 0 unspecified atom stereocenters. The third kappa shape index (κ3) is 4.18. The molecule has 1 fully saturated rings. The summed E-state index contributed by atoms with van der Waals surface area (Å²) >= 11 is 0. The second-order valence-corrected chi connectivity index (χ2v) is 8.57. The number of aromatic nitrogens is 2. The van der Waals surface area contributed by atoms with Crippen molar-refractivity contribution in [1.82, 2.24) is 14.9 Å². The van der Waals surface area contributed by atoms with Gasteiger partial charge in [0.1, 0.15) is 5.82 Å². The Morgan fingerprint density at radius 2 is 1.84 bits per heavy atom. The summed E-state index contributed by atoms with van der Waals surface area (Å²) in [6.07, 6.45) is 9.82. The summed E-state index contributed by atoms with van der Waals surface area (Å²) < 4.78 is 16.2. The number of pyridine rings is 1. The zero-order valence-electron chi connectivity index (χ0n) is 17.5. The van der Waals surface area contributed by atoms with Gasteiger partial charge in [0.25, 0.3) is 5.91 Å². The van der Waals surface area contributed by atoms with E-state index >= 15 is 0 Å². The second kappa shape index (κ2) is 8.50. The Morgan fingerprint density at radius 3 is 2.68 bits per heavy atom. The van der Waals surface area contributed by atoms with Crippen LogP contribution >= 0.6 is 0 Å². The van der Waals surface area contributed by atoms with Crippen LogP contribution in [0.4, 0.5) is 4.39 Å². The highest BCUT2D eigenvalue weighted by atomic mass is 19.1. The maximum absolute atomic E-state index is 14.3. The van der Waals surface area contributed by atoms with Crippen molar-refractivity contribution in [2.45, 2.75) is 38.6 Å². The van der Waals surface area contributed by atoms with Gasteiger partial charge in [-0.2, -0.15) is 0 Å². The van der Waals surface area contributed by atoms with E-state index in [0.29, 0.717) is 24.6 Å². The molecule has 1 N–H and O–H groups in total. The monoisotopic (exact) mass is 415 g/mol. The molecule has 1 saturated carbocycles. The second-order valence-electron chi connectivity index (χ2n) is 8.57. The topological polar surface area (TPSA) is 46.9 Å². The molecule has 2 heterocycles. The maximum Gasteiger partial charge on any atom is 0.253 e. The SMILES string of the molecule is O=C(NCC1CCCCC1)c1cc(F)cc2ccn(Cc3cc4ccccc4cn3)c12. The Balaban J connectivity index is 1.44. The molecule has 31 heavy (non-hydrogen) atoms. The first kappa shape index (κ1) is 19.7. The van der Waals surface area contributed by atoms with E-state index in [0.717, 1.165) is 40.2 Å². The molecule has 0 aliphatic heterocycles. The van der Waals surface area contributed by atoms with E-state index in [-0.39, 0.29) is 5.91 Å². The van der Waals surface area contributed by atoms with Gasteiger partial charge in [0.2, 0.25) is 0 Å². The summed E-state index contributed by atoms with van der Waals surface area (Å²) in [6.45, 7) is 1.17. The van der Waals surface area contributed by atoms with Gasteiger partial charge in [0, 0.05) is 29.7 Å². The predicted octanol–water partition coefficient (Wildman–Crippen LogP) is 5.69. The average molecular weight is 416 g/mol. The van der Waals surface area contributed by atoms with Crippen molar-refractivity contribution in [3.8, 4) is 0 Å². The van der Waals surface area contributed by atoms with Crippen LogP contribution in [0.15, 0.2) is 60.9 Å². The van der Waals surface area contributed by atoms with Gasteiger partial charge in [-0.1, -0.05) is 43.5 Å². The van der Waals surface area contributed by atoms with Gasteiger partial charge in [-0.15, -0.1) is 0 Å². The maximum atomic E-state index is 14.3. The highest BCUT2D eigenvalue weighted by molar-refractivity contribution is 6.06. The molecule has 2 aromatic carbocycles. The van der Waals surface area contributed by atoms with Crippen LogP contribution in [0.5, 0.6) is 0 Å². The van der Waals surface area contributed by atoms with Gasteiger partial charge in [-0.3, -0.25) is 9.78 Å². The van der Waals surface area contributed by atoms with Crippen molar-refractivity contribution < 1.29 is 9.18 Å². The molecular formula is C26H26FN3O. The first-order valence-corrected chi connectivity index (χ1v) is 11.1. The molecule has 1 amide bonds. The van der Waals surface area contributed by atoms with Crippen LogP contribution < -0.4 is 5.32 Å². The zero-order valence-corrected chi connectivity index (χ0v) is 17.5. The molecule has 0 atom stereocenters. The fraction of sp³-hybridized carbons (Fsp3) is 0.308. The molecule has 5 heteroatoms. The lowest BCUT2D eigenvalue weighted by Gasteiger charge is -2.22. The first-order chi connectivity index (χ1) is 15.2. The van der Waals surface area contributed by atoms with Crippen LogP contribution in [-0.2, 0) is 6.54 Å². The average Bonchev–Trinajstić information content (AvgIpc) is 3.19. The molecule has 0 saturated heterocycles. The number of carbonyl (C=O) groups is 1. The van der Waals surface area contributed by atoms with Crippen molar-refractivity contribution in [3.05, 3.63) is 78.0 Å². The third-order valence-electron chi connectivity index (χ3n) is 6.37. The quantitative estimate of drug-likeness (QED) is 0.455. The third-order valence-corrected chi connectivity index (χ3v) is 6.37. The summed E-state index contributed by atoms with van der Waals surface area (Å²) in [7, 11) is 0. The van der Waals surface area contributed by atoms with E-state index in [2.05, 4.69) is 22.4 Å². The van der Waals surface area contributed by atoms with Gasteiger partial charge in [0.05, 0.1) is 23.3 Å². The van der Waals surface area contributed by atoms with E-state index in [1.54, 1.807) is 0 Å². The summed E-state index contributed by atoms with van der Waals surface area (Å²) in [4.78, 5) is 17.6. The lowest BCUT2D eigenvalue weighted by molar-refractivity contribution is 0.0944. The Labute approximate surface area is 181 Å². The van der Waals surface area contributed by atoms with Crippen LogP contribution in [0.3, 0.4) is 0 Å². The number of hydrogen-bond acceptors (Lipinski definition) is 2. The van der Waals surface area contributed by atoms with Crippen LogP contribution in [0.2, 0.25) is 0 Å². The Bertz CT molecular complexity index is 1240. The van der Waals surface area contributed by atoms with Crippen molar-refractivity contribution in [2.75, 3.05) is 6.54 Å². The predicted molar refractivity (Wildman–Crippen MR) is 122 cm³/mol. The summed E-state index contributed by atoms with van der Waals surface area (Å²) in [6, 6.07) is 14.9. The van der Waals surface area contributed by atoms with Crippen molar-refractivity contribution >= 4 is 27.6 Å². The van der Waals surface area contributed by atoms with E-state index in [4.69, 9.17) is 0 Å². The van der Waals surface area contributed by atoms with Crippen molar-refractivity contribution in [1.29, 1.82) is 0 Å². The molecular weight excluding hydrogens is 389 g/mol. The lowest BCUT2D eigenvalue weighted by Crippen LogP contribution is -2.30. The molecule has 4 aromatic rings. The number of rotatable bonds is 5. The number of hydrogen-bond donors (Lipinski definition) is 1. The number of benzene rings is 2. The molecule has 0 spiro atoms. The number of nitrogens with one attached hydrogen (secondary N) is 1. The largest absolute Gasteiger partial charge is 0.352 e. The molecule has 1 aliphatic carbocycles. The molecule has 4 nitrogen and oxygen atoms in total. The van der Waals surface area contributed by atoms with Crippen LogP contribution in [0.1, 0.15) is 48.2 Å². The van der Waals surface area contributed by atoms with Gasteiger partial charge in [-0.05, 0) is 48.4 Å². The van der Waals surface area contributed by atoms with E-state index in [1.807, 2.05) is 41.2 Å². The Morgan fingerprint density at radius 1 is 1.03 bits per heavy atom. The molecule has 0 bridgehead atoms. The smallest absolute Gasteiger partial charge is 0.253 e. The van der Waals surface area contributed by atoms with Crippen LogP contribution in [0.25, 0.3) is 21.7 Å². The standard InChI is InChI=1S/C26H26FN3O/c27-22-12-20-10-11-30(17-23-13-19-8-4-5-9-21(19)16-28-23)25(20)24(14-22)26(31)29-15-18-6-2-1-3-7-18/h4-5,8-14,16,18H,1-3,6-7,15,17H2,(H,29,31). The minimum Gasteiger partial charge on any atom is -0.352 e. The highest BCUT2D eigenvalue weighted by Crippen LogP contribution is 2.25. The highest BCUT2D eigenvalue weighted by Gasteiger charge is 2.19. The molecule has 0 radical (unpaired) electrons. The summed E-state index contributed by atoms with van der Waals surface area (Å²) in [5.41, 5.74) is 2.03. The number of amides is 1. The lowest BCUT2D eigenvalue weighted by atomic mass is 9.89. The number of carbonyl (C=O) groups excluding carboxylic acids is 1. The first-order valence-electron chi connectivity index (χ1n) is 11.1. The molecule has 158 valence electrons. The van der Waals surface area contributed by atoms with Crippen LogP contribution in [-0.4, -0.2) is 22.0 Å². The van der Waals surface area contributed by atoms with Crippen LogP contribution in [0, 0.1) is 11.7 Å². The molecule has 1 aliphatic rings. The normalized spacial score (nSPS) is 14.9. The van der Waals surface area contributed by atoms with E-state index in [1.165, 1.54) is 31.4 Å². The number of halogens is 1. The minimum atomic E-state index is -0.392. The molecule has 2 aromatic heterocycles. The Kier molecular flexibility index (Phi) is 5.41. The number of fused-ring (bicyclic) bond motifs is 2. The summed E-state index contributed by atoms with van der Waals surface area (Å²) in [5, 5.41) is 6.00. The minimum absolute atomic E-state index is 0.207. The van der Waals surface area contributed by atoms with Gasteiger partial charge in [-0.25, -0.2) is 4.39 Å². The van der Waals surface area contributed by atoms with Gasteiger partial charge in [0.15, 0.2) is 0 Å². The fourth-order valence-electron chi connectivity index (χ4n) is 4.73. The van der Waals surface area contributed by atoms with E-state index < -0.39 is 5.82 Å². The van der Waals surface area contributed by atoms with Gasteiger partial charge >= 0.3 is 0 Å².